The molecule has 0 amide bonds. The minimum Gasteiger partial charge on any atom is -0.317 e. The van der Waals surface area contributed by atoms with Crippen molar-refractivity contribution in [3.63, 3.8) is 0 Å². The summed E-state index contributed by atoms with van der Waals surface area (Å²) in [5.41, 5.74) is 0. The number of rotatable bonds is 5. The number of halogens is 1. The van der Waals surface area contributed by atoms with Crippen molar-refractivity contribution in [3.05, 3.63) is 0 Å². The molecule has 0 spiro atoms. The van der Waals surface area contributed by atoms with Gasteiger partial charge in [0, 0.05) is 6.54 Å². The van der Waals surface area contributed by atoms with Crippen molar-refractivity contribution in [1.29, 1.82) is 0 Å². The van der Waals surface area contributed by atoms with Crippen LogP contribution in [0.1, 0.15) is 26.2 Å². The van der Waals surface area contributed by atoms with Crippen LogP contribution in [-0.4, -0.2) is 49.1 Å². The molecule has 2 saturated heterocycles. The molecule has 0 aromatic carbocycles. The van der Waals surface area contributed by atoms with E-state index in [1.54, 1.807) is 0 Å². The second-order valence-electron chi connectivity index (χ2n) is 5.28. The standard InChI is InChI=1S/C13H26N2S.ClH/c1-2-14-9-12-3-6-15(7-4-12)10-13-5-8-16-11-13;/h12-14H,2-11H2,1H3;1H. The third kappa shape index (κ3) is 5.37. The second-order valence-corrected chi connectivity index (χ2v) is 6.43. The molecule has 17 heavy (non-hydrogen) atoms. The van der Waals surface area contributed by atoms with Crippen molar-refractivity contribution in [2.75, 3.05) is 44.2 Å². The van der Waals surface area contributed by atoms with Gasteiger partial charge in [0.1, 0.15) is 0 Å². The molecular formula is C13H27ClN2S. The largest absolute Gasteiger partial charge is 0.317 e. The molecule has 2 aliphatic rings. The van der Waals surface area contributed by atoms with E-state index in [0.717, 1.165) is 18.4 Å². The average molecular weight is 279 g/mol. The lowest BCUT2D eigenvalue weighted by atomic mass is 9.96. The Labute approximate surface area is 117 Å². The van der Waals surface area contributed by atoms with E-state index in [9.17, 15) is 0 Å². The first-order valence-electron chi connectivity index (χ1n) is 6.89. The molecule has 0 bridgehead atoms. The zero-order chi connectivity index (χ0) is 11.2. The summed E-state index contributed by atoms with van der Waals surface area (Å²) < 4.78 is 0. The van der Waals surface area contributed by atoms with Gasteiger partial charge in [0.2, 0.25) is 0 Å². The third-order valence-corrected chi connectivity index (χ3v) is 5.16. The van der Waals surface area contributed by atoms with Gasteiger partial charge in [-0.05, 0) is 68.8 Å². The van der Waals surface area contributed by atoms with E-state index in [2.05, 4.69) is 28.9 Å². The molecule has 2 aliphatic heterocycles. The third-order valence-electron chi connectivity index (χ3n) is 3.93. The van der Waals surface area contributed by atoms with Crippen molar-refractivity contribution in [2.24, 2.45) is 11.8 Å². The highest BCUT2D eigenvalue weighted by Gasteiger charge is 2.23. The van der Waals surface area contributed by atoms with Crippen LogP contribution in [0, 0.1) is 11.8 Å². The number of nitrogens with one attached hydrogen (secondary N) is 1. The van der Waals surface area contributed by atoms with Crippen LogP contribution in [0.5, 0.6) is 0 Å². The SMILES string of the molecule is CCNCC1CCN(CC2CCSC2)CC1.Cl. The molecule has 0 aliphatic carbocycles. The van der Waals surface area contributed by atoms with Crippen molar-refractivity contribution in [2.45, 2.75) is 26.2 Å². The van der Waals surface area contributed by atoms with Gasteiger partial charge in [0.05, 0.1) is 0 Å². The van der Waals surface area contributed by atoms with Gasteiger partial charge in [-0.1, -0.05) is 6.92 Å². The Morgan fingerprint density at radius 1 is 1.18 bits per heavy atom. The summed E-state index contributed by atoms with van der Waals surface area (Å²) in [6, 6.07) is 0. The van der Waals surface area contributed by atoms with E-state index in [-0.39, 0.29) is 12.4 Å². The first-order valence-corrected chi connectivity index (χ1v) is 8.04. The summed E-state index contributed by atoms with van der Waals surface area (Å²) in [6.07, 6.45) is 4.28. The summed E-state index contributed by atoms with van der Waals surface area (Å²) in [4.78, 5) is 2.71. The summed E-state index contributed by atoms with van der Waals surface area (Å²) >= 11 is 2.15. The van der Waals surface area contributed by atoms with Gasteiger partial charge in [-0.2, -0.15) is 11.8 Å². The van der Waals surface area contributed by atoms with Gasteiger partial charge in [0.15, 0.2) is 0 Å². The van der Waals surface area contributed by atoms with Crippen LogP contribution in [0.4, 0.5) is 0 Å². The fourth-order valence-electron chi connectivity index (χ4n) is 2.81. The summed E-state index contributed by atoms with van der Waals surface area (Å²) in [7, 11) is 0. The molecule has 1 unspecified atom stereocenters. The highest BCUT2D eigenvalue weighted by atomic mass is 35.5. The molecule has 0 saturated carbocycles. The molecule has 4 heteroatoms. The predicted molar refractivity (Wildman–Crippen MR) is 80.4 cm³/mol. The smallest absolute Gasteiger partial charge is 0.00178 e. The molecule has 0 radical (unpaired) electrons. The van der Waals surface area contributed by atoms with Crippen LogP contribution in [0.25, 0.3) is 0 Å². The Bertz CT molecular complexity index is 190. The minimum atomic E-state index is 0. The molecule has 1 N–H and O–H groups in total. The lowest BCUT2D eigenvalue weighted by Gasteiger charge is -2.33. The summed E-state index contributed by atoms with van der Waals surface area (Å²) in [6.45, 7) is 8.63. The number of nitrogens with zero attached hydrogens (tertiary/aromatic N) is 1. The number of piperidine rings is 1. The van der Waals surface area contributed by atoms with Crippen LogP contribution >= 0.6 is 24.2 Å². The van der Waals surface area contributed by atoms with Crippen LogP contribution in [0.15, 0.2) is 0 Å². The Kier molecular flexibility index (Phi) is 7.92. The van der Waals surface area contributed by atoms with E-state index in [1.165, 1.54) is 56.9 Å². The van der Waals surface area contributed by atoms with Gasteiger partial charge in [-0.3, -0.25) is 0 Å². The van der Waals surface area contributed by atoms with Gasteiger partial charge in [-0.15, -0.1) is 12.4 Å². The zero-order valence-corrected chi connectivity index (χ0v) is 12.6. The first kappa shape index (κ1) is 15.6. The normalized spacial score (nSPS) is 27.0. The lowest BCUT2D eigenvalue weighted by molar-refractivity contribution is 0.164. The Morgan fingerprint density at radius 2 is 1.94 bits per heavy atom. The maximum atomic E-state index is 3.48. The van der Waals surface area contributed by atoms with Crippen molar-refractivity contribution < 1.29 is 0 Å². The Balaban J connectivity index is 0.00000144. The van der Waals surface area contributed by atoms with Crippen LogP contribution in [0.3, 0.4) is 0 Å². The molecule has 1 atom stereocenters. The Morgan fingerprint density at radius 3 is 2.53 bits per heavy atom. The molecular weight excluding hydrogens is 252 g/mol. The molecule has 0 aromatic rings. The maximum Gasteiger partial charge on any atom is 0.00178 e. The molecule has 2 fully saturated rings. The fourth-order valence-corrected chi connectivity index (χ4v) is 4.09. The molecule has 2 heterocycles. The summed E-state index contributed by atoms with van der Waals surface area (Å²) in [5.74, 6) is 4.75. The van der Waals surface area contributed by atoms with E-state index in [4.69, 9.17) is 0 Å². The molecule has 102 valence electrons. The molecule has 0 aromatic heterocycles. The van der Waals surface area contributed by atoms with Crippen molar-refractivity contribution in [3.8, 4) is 0 Å². The minimum absolute atomic E-state index is 0. The van der Waals surface area contributed by atoms with E-state index < -0.39 is 0 Å². The quantitative estimate of drug-likeness (QED) is 0.832. The average Bonchev–Trinajstić information content (AvgIpc) is 2.81. The van der Waals surface area contributed by atoms with E-state index in [0.29, 0.717) is 0 Å². The number of thioether (sulfide) groups is 1. The topological polar surface area (TPSA) is 15.3 Å². The highest BCUT2D eigenvalue weighted by Crippen LogP contribution is 2.26. The van der Waals surface area contributed by atoms with E-state index >= 15 is 0 Å². The van der Waals surface area contributed by atoms with Crippen LogP contribution in [-0.2, 0) is 0 Å². The van der Waals surface area contributed by atoms with Crippen LogP contribution in [0.2, 0.25) is 0 Å². The van der Waals surface area contributed by atoms with Gasteiger partial charge < -0.3 is 10.2 Å². The Hall–Kier alpha value is 0.560. The van der Waals surface area contributed by atoms with Gasteiger partial charge in [0.25, 0.3) is 0 Å². The first-order chi connectivity index (χ1) is 7.88. The second kappa shape index (κ2) is 8.63. The van der Waals surface area contributed by atoms with Gasteiger partial charge in [-0.25, -0.2) is 0 Å². The molecule has 2 nitrogen and oxygen atoms in total. The predicted octanol–water partition coefficient (Wildman–Crippen LogP) is 2.48. The van der Waals surface area contributed by atoms with Crippen LogP contribution < -0.4 is 5.32 Å². The number of likely N-dealkylation sites (tertiary alicyclic amines) is 1. The van der Waals surface area contributed by atoms with Gasteiger partial charge >= 0.3 is 0 Å². The molecule has 2 rings (SSSR count). The van der Waals surface area contributed by atoms with E-state index in [1.807, 2.05) is 0 Å². The monoisotopic (exact) mass is 278 g/mol. The zero-order valence-electron chi connectivity index (χ0n) is 11.0. The maximum absolute atomic E-state index is 3.48. The van der Waals surface area contributed by atoms with Crippen molar-refractivity contribution in [1.82, 2.24) is 10.2 Å². The summed E-state index contributed by atoms with van der Waals surface area (Å²) in [5, 5.41) is 3.48. The number of hydrogen-bond acceptors (Lipinski definition) is 3. The highest BCUT2D eigenvalue weighted by molar-refractivity contribution is 7.99. The number of hydrogen-bond donors (Lipinski definition) is 1. The van der Waals surface area contributed by atoms with Crippen molar-refractivity contribution >= 4 is 24.2 Å². The lowest BCUT2D eigenvalue weighted by Crippen LogP contribution is -2.39. The fraction of sp³-hybridized carbons (Fsp3) is 1.00.